The Labute approximate surface area is 80.1 Å². The van der Waals surface area contributed by atoms with Crippen LogP contribution in [0.1, 0.15) is 33.6 Å². The summed E-state index contributed by atoms with van der Waals surface area (Å²) in [5, 5.41) is 0. The van der Waals surface area contributed by atoms with Crippen LogP contribution in [-0.4, -0.2) is 30.2 Å². The molecule has 0 aliphatic rings. The van der Waals surface area contributed by atoms with Crippen LogP contribution in [0.3, 0.4) is 0 Å². The predicted molar refractivity (Wildman–Crippen MR) is 52.4 cm³/mol. The second-order valence-corrected chi connectivity index (χ2v) is 3.72. The van der Waals surface area contributed by atoms with E-state index in [1.54, 1.807) is 18.9 Å². The quantitative estimate of drug-likeness (QED) is 0.650. The van der Waals surface area contributed by atoms with Gasteiger partial charge in [-0.3, -0.25) is 4.79 Å². The van der Waals surface area contributed by atoms with Crippen molar-refractivity contribution in [3.63, 3.8) is 0 Å². The summed E-state index contributed by atoms with van der Waals surface area (Å²) in [6.07, 6.45) is 1.33. The molecule has 0 heterocycles. The number of amides is 1. The first-order valence-corrected chi connectivity index (χ1v) is 4.69. The van der Waals surface area contributed by atoms with Crippen molar-refractivity contribution in [3.05, 3.63) is 0 Å². The van der Waals surface area contributed by atoms with E-state index in [0.29, 0.717) is 13.0 Å². The van der Waals surface area contributed by atoms with Crippen molar-refractivity contribution >= 4 is 11.7 Å². The highest BCUT2D eigenvalue weighted by Crippen LogP contribution is 2.01. The Morgan fingerprint density at radius 1 is 1.31 bits per heavy atom. The molecule has 76 valence electrons. The number of carbonyl (C=O) groups excluding carboxylic acids is 2. The topological polar surface area (TPSA) is 37.4 Å². The van der Waals surface area contributed by atoms with Gasteiger partial charge in [0.05, 0.1) is 0 Å². The van der Waals surface area contributed by atoms with Crippen LogP contribution in [0, 0.1) is 5.92 Å². The standard InChI is InChI=1S/C10H19NO2/c1-8(2)10(13)11(4)7-5-6-9(3)12/h8H,5-7H2,1-4H3. The van der Waals surface area contributed by atoms with E-state index >= 15 is 0 Å². The fourth-order valence-corrected chi connectivity index (χ4v) is 1.12. The van der Waals surface area contributed by atoms with Crippen molar-refractivity contribution < 1.29 is 9.59 Å². The third-order valence-corrected chi connectivity index (χ3v) is 1.89. The molecule has 0 aliphatic heterocycles. The average Bonchev–Trinajstić information content (AvgIpc) is 2.02. The van der Waals surface area contributed by atoms with Crippen molar-refractivity contribution in [1.82, 2.24) is 4.90 Å². The Bertz CT molecular complexity index is 187. The van der Waals surface area contributed by atoms with E-state index in [0.717, 1.165) is 6.42 Å². The van der Waals surface area contributed by atoms with Gasteiger partial charge in [-0.2, -0.15) is 0 Å². The Hall–Kier alpha value is -0.860. The van der Waals surface area contributed by atoms with Gasteiger partial charge < -0.3 is 9.69 Å². The molecule has 0 aliphatic carbocycles. The molecular formula is C10H19NO2. The zero-order chi connectivity index (χ0) is 10.4. The maximum atomic E-state index is 11.4. The average molecular weight is 185 g/mol. The van der Waals surface area contributed by atoms with Gasteiger partial charge >= 0.3 is 0 Å². The van der Waals surface area contributed by atoms with E-state index in [4.69, 9.17) is 0 Å². The Kier molecular flexibility index (Phi) is 5.35. The van der Waals surface area contributed by atoms with Gasteiger partial charge in [0.25, 0.3) is 0 Å². The van der Waals surface area contributed by atoms with Gasteiger partial charge in [-0.05, 0) is 13.3 Å². The first kappa shape index (κ1) is 12.1. The summed E-state index contributed by atoms with van der Waals surface area (Å²) in [4.78, 5) is 23.7. The lowest BCUT2D eigenvalue weighted by Gasteiger charge is -2.18. The third kappa shape index (κ3) is 5.39. The van der Waals surface area contributed by atoms with E-state index in [2.05, 4.69) is 0 Å². The first-order valence-electron chi connectivity index (χ1n) is 4.69. The maximum Gasteiger partial charge on any atom is 0.224 e. The fraction of sp³-hybridized carbons (Fsp3) is 0.800. The molecule has 0 N–H and O–H groups in total. The maximum absolute atomic E-state index is 11.4. The number of nitrogens with zero attached hydrogens (tertiary/aromatic N) is 1. The van der Waals surface area contributed by atoms with E-state index in [9.17, 15) is 9.59 Å². The second-order valence-electron chi connectivity index (χ2n) is 3.72. The molecule has 0 fully saturated rings. The molecule has 3 heteroatoms. The number of Topliss-reactive ketones (excluding diaryl/α,β-unsaturated/α-hetero) is 1. The predicted octanol–water partition coefficient (Wildman–Crippen LogP) is 1.47. The number of carbonyl (C=O) groups is 2. The largest absolute Gasteiger partial charge is 0.346 e. The molecule has 13 heavy (non-hydrogen) atoms. The highest BCUT2D eigenvalue weighted by molar-refractivity contribution is 5.78. The third-order valence-electron chi connectivity index (χ3n) is 1.89. The molecule has 3 nitrogen and oxygen atoms in total. The van der Waals surface area contributed by atoms with Crippen LogP contribution in [0.2, 0.25) is 0 Å². The van der Waals surface area contributed by atoms with E-state index in [-0.39, 0.29) is 17.6 Å². The summed E-state index contributed by atoms with van der Waals surface area (Å²) in [6.45, 7) is 6.01. The van der Waals surface area contributed by atoms with Crippen LogP contribution in [0.5, 0.6) is 0 Å². The molecule has 0 rings (SSSR count). The fourth-order valence-electron chi connectivity index (χ4n) is 1.12. The van der Waals surface area contributed by atoms with Gasteiger partial charge in [-0.15, -0.1) is 0 Å². The summed E-state index contributed by atoms with van der Waals surface area (Å²) in [5.41, 5.74) is 0. The molecule has 0 spiro atoms. The number of rotatable bonds is 5. The summed E-state index contributed by atoms with van der Waals surface area (Å²) >= 11 is 0. The number of hydrogen-bond donors (Lipinski definition) is 0. The van der Waals surface area contributed by atoms with E-state index in [1.807, 2.05) is 13.8 Å². The van der Waals surface area contributed by atoms with Crippen LogP contribution in [0.4, 0.5) is 0 Å². The van der Waals surface area contributed by atoms with Gasteiger partial charge in [0, 0.05) is 25.9 Å². The minimum atomic E-state index is 0.0438. The summed E-state index contributed by atoms with van der Waals surface area (Å²) < 4.78 is 0. The monoisotopic (exact) mass is 185 g/mol. The molecule has 0 aromatic carbocycles. The van der Waals surface area contributed by atoms with E-state index in [1.165, 1.54) is 0 Å². The molecule has 0 saturated carbocycles. The normalized spacial score (nSPS) is 10.2. The van der Waals surface area contributed by atoms with Gasteiger partial charge in [-0.1, -0.05) is 13.8 Å². The highest BCUT2D eigenvalue weighted by atomic mass is 16.2. The Morgan fingerprint density at radius 2 is 1.85 bits per heavy atom. The van der Waals surface area contributed by atoms with Gasteiger partial charge in [-0.25, -0.2) is 0 Å². The van der Waals surface area contributed by atoms with Gasteiger partial charge in [0.2, 0.25) is 5.91 Å². The molecule has 0 radical (unpaired) electrons. The van der Waals surface area contributed by atoms with Crippen molar-refractivity contribution in [2.75, 3.05) is 13.6 Å². The van der Waals surface area contributed by atoms with Crippen molar-refractivity contribution in [3.8, 4) is 0 Å². The lowest BCUT2D eigenvalue weighted by atomic mass is 10.2. The lowest BCUT2D eigenvalue weighted by Crippen LogP contribution is -2.31. The van der Waals surface area contributed by atoms with Gasteiger partial charge in [0.1, 0.15) is 5.78 Å². The van der Waals surface area contributed by atoms with Crippen molar-refractivity contribution in [2.24, 2.45) is 5.92 Å². The smallest absolute Gasteiger partial charge is 0.224 e. The molecule has 0 saturated heterocycles. The zero-order valence-corrected chi connectivity index (χ0v) is 8.96. The lowest BCUT2D eigenvalue weighted by molar-refractivity contribution is -0.133. The Morgan fingerprint density at radius 3 is 2.23 bits per heavy atom. The molecule has 1 amide bonds. The van der Waals surface area contributed by atoms with Crippen LogP contribution >= 0.6 is 0 Å². The first-order chi connectivity index (χ1) is 5.95. The summed E-state index contributed by atoms with van der Waals surface area (Å²) in [6, 6.07) is 0. The zero-order valence-electron chi connectivity index (χ0n) is 8.96. The molecule has 0 aromatic heterocycles. The summed E-state index contributed by atoms with van der Waals surface area (Å²) in [5.74, 6) is 0.372. The molecular weight excluding hydrogens is 166 g/mol. The van der Waals surface area contributed by atoms with Crippen LogP contribution in [-0.2, 0) is 9.59 Å². The van der Waals surface area contributed by atoms with E-state index < -0.39 is 0 Å². The number of hydrogen-bond acceptors (Lipinski definition) is 2. The molecule has 0 unspecified atom stereocenters. The highest BCUT2D eigenvalue weighted by Gasteiger charge is 2.11. The molecule has 0 atom stereocenters. The van der Waals surface area contributed by atoms with Crippen LogP contribution < -0.4 is 0 Å². The molecule has 0 bridgehead atoms. The van der Waals surface area contributed by atoms with Gasteiger partial charge in [0.15, 0.2) is 0 Å². The number of ketones is 1. The van der Waals surface area contributed by atoms with Crippen LogP contribution in [0.25, 0.3) is 0 Å². The van der Waals surface area contributed by atoms with Crippen molar-refractivity contribution in [1.29, 1.82) is 0 Å². The Balaban J connectivity index is 3.68. The second kappa shape index (κ2) is 5.73. The minimum absolute atomic E-state index is 0.0438. The van der Waals surface area contributed by atoms with Crippen LogP contribution in [0.15, 0.2) is 0 Å². The van der Waals surface area contributed by atoms with Crippen molar-refractivity contribution in [2.45, 2.75) is 33.6 Å². The SMILES string of the molecule is CC(=O)CCCN(C)C(=O)C(C)C. The summed E-state index contributed by atoms with van der Waals surface area (Å²) in [7, 11) is 1.78. The molecule has 0 aromatic rings. The minimum Gasteiger partial charge on any atom is -0.346 e.